The number of rotatable bonds is 6. The number of hydrogen-bond donors (Lipinski definition) is 1. The van der Waals surface area contributed by atoms with Crippen LogP contribution in [0, 0.1) is 0 Å². The van der Waals surface area contributed by atoms with Crippen molar-refractivity contribution in [2.75, 3.05) is 18.6 Å². The molecule has 0 spiro atoms. The van der Waals surface area contributed by atoms with Gasteiger partial charge in [-0.1, -0.05) is 18.2 Å². The molecule has 1 aromatic rings. The fraction of sp³-hybridized carbons (Fsp3) is 0.500. The SMILES string of the molecule is COC(C)CCC(=O)N1CC(CC(=O)O)c2ccccc21. The normalized spacial score (nSPS) is 18.4. The first kappa shape index (κ1) is 15.5. The number of fused-ring (bicyclic) bond motifs is 1. The lowest BCUT2D eigenvalue weighted by Gasteiger charge is -2.18. The van der Waals surface area contributed by atoms with Gasteiger partial charge in [0.15, 0.2) is 0 Å². The Kier molecular flexibility index (Phi) is 4.96. The lowest BCUT2D eigenvalue weighted by atomic mass is 9.98. The zero-order valence-corrected chi connectivity index (χ0v) is 12.4. The summed E-state index contributed by atoms with van der Waals surface area (Å²) in [5.74, 6) is -0.932. The van der Waals surface area contributed by atoms with Crippen LogP contribution in [0.4, 0.5) is 5.69 Å². The third-order valence-electron chi connectivity index (χ3n) is 3.96. The van der Waals surface area contributed by atoms with Crippen molar-refractivity contribution in [3.8, 4) is 0 Å². The molecule has 2 rings (SSSR count). The van der Waals surface area contributed by atoms with Crippen LogP contribution in [0.25, 0.3) is 0 Å². The van der Waals surface area contributed by atoms with Gasteiger partial charge in [-0.25, -0.2) is 0 Å². The minimum absolute atomic E-state index is 0.0271. The Morgan fingerprint density at radius 1 is 1.43 bits per heavy atom. The Hall–Kier alpha value is -1.88. The molecule has 0 saturated carbocycles. The number of benzene rings is 1. The molecule has 1 aromatic carbocycles. The number of para-hydroxylation sites is 1. The van der Waals surface area contributed by atoms with Gasteiger partial charge in [0.05, 0.1) is 12.5 Å². The van der Waals surface area contributed by atoms with E-state index >= 15 is 0 Å². The van der Waals surface area contributed by atoms with E-state index < -0.39 is 5.97 Å². The number of hydrogen-bond acceptors (Lipinski definition) is 3. The van der Waals surface area contributed by atoms with Gasteiger partial charge in [0.25, 0.3) is 0 Å². The van der Waals surface area contributed by atoms with Crippen molar-refractivity contribution in [2.24, 2.45) is 0 Å². The predicted molar refractivity (Wildman–Crippen MR) is 79.5 cm³/mol. The quantitative estimate of drug-likeness (QED) is 0.874. The number of anilines is 1. The summed E-state index contributed by atoms with van der Waals surface area (Å²) < 4.78 is 5.16. The predicted octanol–water partition coefficient (Wildman–Crippen LogP) is 2.41. The largest absolute Gasteiger partial charge is 0.481 e. The third-order valence-corrected chi connectivity index (χ3v) is 3.96. The molecule has 0 fully saturated rings. The molecule has 1 aliphatic rings. The van der Waals surface area contributed by atoms with E-state index in [1.165, 1.54) is 0 Å². The molecular formula is C16H21NO4. The fourth-order valence-corrected chi connectivity index (χ4v) is 2.70. The first-order chi connectivity index (χ1) is 10.0. The van der Waals surface area contributed by atoms with Gasteiger partial charge in [-0.2, -0.15) is 0 Å². The summed E-state index contributed by atoms with van der Waals surface area (Å²) in [5.41, 5.74) is 1.80. The molecule has 1 aliphatic heterocycles. The van der Waals surface area contributed by atoms with Gasteiger partial charge in [0, 0.05) is 31.7 Å². The minimum Gasteiger partial charge on any atom is -0.481 e. The van der Waals surface area contributed by atoms with Gasteiger partial charge in [0.1, 0.15) is 0 Å². The second-order valence-electron chi connectivity index (χ2n) is 5.44. The highest BCUT2D eigenvalue weighted by Gasteiger charge is 2.32. The molecule has 2 unspecified atom stereocenters. The summed E-state index contributed by atoms with van der Waals surface area (Å²) in [6.07, 6.45) is 1.16. The van der Waals surface area contributed by atoms with Crippen LogP contribution in [0.3, 0.4) is 0 Å². The number of nitrogens with zero attached hydrogens (tertiary/aromatic N) is 1. The zero-order valence-electron chi connectivity index (χ0n) is 12.4. The monoisotopic (exact) mass is 291 g/mol. The van der Waals surface area contributed by atoms with Crippen LogP contribution in [0.15, 0.2) is 24.3 Å². The van der Waals surface area contributed by atoms with Crippen LogP contribution >= 0.6 is 0 Å². The second kappa shape index (κ2) is 6.72. The molecule has 0 bridgehead atoms. The lowest BCUT2D eigenvalue weighted by Crippen LogP contribution is -2.30. The van der Waals surface area contributed by atoms with E-state index in [-0.39, 0.29) is 24.3 Å². The Bertz CT molecular complexity index is 529. The molecule has 0 radical (unpaired) electrons. The molecule has 1 heterocycles. The Morgan fingerprint density at radius 3 is 2.81 bits per heavy atom. The van der Waals surface area contributed by atoms with E-state index in [0.717, 1.165) is 11.3 Å². The van der Waals surface area contributed by atoms with E-state index in [9.17, 15) is 9.59 Å². The molecule has 5 heteroatoms. The molecular weight excluding hydrogens is 270 g/mol. The van der Waals surface area contributed by atoms with Crippen LogP contribution in [0.1, 0.15) is 37.7 Å². The van der Waals surface area contributed by atoms with Crippen molar-refractivity contribution in [1.82, 2.24) is 0 Å². The Balaban J connectivity index is 2.11. The number of amides is 1. The van der Waals surface area contributed by atoms with E-state index in [1.807, 2.05) is 31.2 Å². The van der Waals surface area contributed by atoms with Gasteiger partial charge in [-0.15, -0.1) is 0 Å². The van der Waals surface area contributed by atoms with E-state index in [0.29, 0.717) is 19.4 Å². The topological polar surface area (TPSA) is 66.8 Å². The highest BCUT2D eigenvalue weighted by molar-refractivity contribution is 5.96. The molecule has 114 valence electrons. The summed E-state index contributed by atoms with van der Waals surface area (Å²) in [6.45, 7) is 2.38. The van der Waals surface area contributed by atoms with Crippen LogP contribution in [0.5, 0.6) is 0 Å². The second-order valence-corrected chi connectivity index (χ2v) is 5.44. The Labute approximate surface area is 124 Å². The highest BCUT2D eigenvalue weighted by atomic mass is 16.5. The minimum atomic E-state index is -0.836. The van der Waals surface area contributed by atoms with Crippen molar-refractivity contribution in [1.29, 1.82) is 0 Å². The van der Waals surface area contributed by atoms with Gasteiger partial charge >= 0.3 is 5.97 Å². The summed E-state index contributed by atoms with van der Waals surface area (Å²) >= 11 is 0. The molecule has 2 atom stereocenters. The number of carboxylic acid groups (broad SMARTS) is 1. The van der Waals surface area contributed by atoms with Crippen molar-refractivity contribution in [3.63, 3.8) is 0 Å². The van der Waals surface area contributed by atoms with Gasteiger partial charge in [-0.3, -0.25) is 9.59 Å². The summed E-state index contributed by atoms with van der Waals surface area (Å²) in [6, 6.07) is 7.55. The molecule has 0 saturated heterocycles. The first-order valence-electron chi connectivity index (χ1n) is 7.16. The fourth-order valence-electron chi connectivity index (χ4n) is 2.70. The average molecular weight is 291 g/mol. The Morgan fingerprint density at radius 2 is 2.14 bits per heavy atom. The maximum absolute atomic E-state index is 12.4. The molecule has 0 aliphatic carbocycles. The molecule has 21 heavy (non-hydrogen) atoms. The summed E-state index contributed by atoms with van der Waals surface area (Å²) in [5, 5.41) is 9.01. The molecule has 1 N–H and O–H groups in total. The molecule has 0 aromatic heterocycles. The number of carbonyl (C=O) groups excluding carboxylic acids is 1. The van der Waals surface area contributed by atoms with Crippen molar-refractivity contribution >= 4 is 17.6 Å². The summed E-state index contributed by atoms with van der Waals surface area (Å²) in [4.78, 5) is 25.1. The van der Waals surface area contributed by atoms with E-state index in [4.69, 9.17) is 9.84 Å². The van der Waals surface area contributed by atoms with E-state index in [1.54, 1.807) is 12.0 Å². The van der Waals surface area contributed by atoms with Crippen molar-refractivity contribution in [2.45, 2.75) is 38.2 Å². The van der Waals surface area contributed by atoms with Crippen LogP contribution < -0.4 is 4.90 Å². The van der Waals surface area contributed by atoms with Gasteiger partial charge in [0.2, 0.25) is 5.91 Å². The number of ether oxygens (including phenoxy) is 1. The highest BCUT2D eigenvalue weighted by Crippen LogP contribution is 2.38. The van der Waals surface area contributed by atoms with Gasteiger partial charge in [-0.05, 0) is 25.0 Å². The molecule has 1 amide bonds. The maximum Gasteiger partial charge on any atom is 0.304 e. The zero-order chi connectivity index (χ0) is 15.4. The number of aliphatic carboxylic acids is 1. The molecule has 5 nitrogen and oxygen atoms in total. The lowest BCUT2D eigenvalue weighted by molar-refractivity contribution is -0.137. The maximum atomic E-state index is 12.4. The average Bonchev–Trinajstić information content (AvgIpc) is 2.83. The number of methoxy groups -OCH3 is 1. The standard InChI is InChI=1S/C16H21NO4/c1-11(21-2)7-8-15(18)17-10-12(9-16(19)20)13-5-3-4-6-14(13)17/h3-6,11-12H,7-10H2,1-2H3,(H,19,20). The van der Waals surface area contributed by atoms with Crippen molar-refractivity contribution in [3.05, 3.63) is 29.8 Å². The van der Waals surface area contributed by atoms with Crippen LogP contribution in [-0.2, 0) is 14.3 Å². The third kappa shape index (κ3) is 3.61. The number of carbonyl (C=O) groups is 2. The van der Waals surface area contributed by atoms with Crippen LogP contribution in [-0.4, -0.2) is 36.7 Å². The van der Waals surface area contributed by atoms with Crippen LogP contribution in [0.2, 0.25) is 0 Å². The first-order valence-corrected chi connectivity index (χ1v) is 7.16. The summed E-state index contributed by atoms with van der Waals surface area (Å²) in [7, 11) is 1.63. The van der Waals surface area contributed by atoms with Crippen molar-refractivity contribution < 1.29 is 19.4 Å². The van der Waals surface area contributed by atoms with Gasteiger partial charge < -0.3 is 14.7 Å². The smallest absolute Gasteiger partial charge is 0.304 e. The number of carboxylic acids is 1. The van der Waals surface area contributed by atoms with E-state index in [2.05, 4.69) is 0 Å².